The molecule has 1 aliphatic rings. The fourth-order valence-corrected chi connectivity index (χ4v) is 3.20. The van der Waals surface area contributed by atoms with Crippen LogP contribution in [0.2, 0.25) is 0 Å². The minimum atomic E-state index is -0.294. The zero-order valence-electron chi connectivity index (χ0n) is 14.3. The normalized spacial score (nSPS) is 17.5. The molecular weight excluding hydrogens is 335 g/mol. The first kappa shape index (κ1) is 16.5. The number of H-pyrrole nitrogens is 1. The highest BCUT2D eigenvalue weighted by Gasteiger charge is 2.21. The summed E-state index contributed by atoms with van der Waals surface area (Å²) in [6.07, 6.45) is 2.59. The maximum Gasteiger partial charge on any atom is 0.320 e. The summed E-state index contributed by atoms with van der Waals surface area (Å²) in [4.78, 5) is 18.6. The third-order valence-corrected chi connectivity index (χ3v) is 4.53. The Morgan fingerprint density at radius 3 is 2.88 bits per heavy atom. The standard InChI is InChI=1S/C18H19FN6O/c1-25-7-6-13(10-25)21-18(26)22-16-8-15-14(9-20-16)17(24-23-15)11-2-4-12(19)5-3-11/h2-5,8-9,13H,6-7,10H2,1H3,(H,23,24)(H2,20,21,22,26). The van der Waals surface area contributed by atoms with Gasteiger partial charge < -0.3 is 10.2 Å². The molecule has 0 saturated carbocycles. The molecule has 8 heteroatoms. The second-order valence-corrected chi connectivity index (χ2v) is 6.54. The van der Waals surface area contributed by atoms with Crippen molar-refractivity contribution in [2.45, 2.75) is 12.5 Å². The second kappa shape index (κ2) is 6.72. The number of nitrogens with one attached hydrogen (secondary N) is 3. The van der Waals surface area contributed by atoms with Crippen molar-refractivity contribution in [3.05, 3.63) is 42.3 Å². The molecule has 0 radical (unpaired) electrons. The third-order valence-electron chi connectivity index (χ3n) is 4.53. The van der Waals surface area contributed by atoms with Gasteiger partial charge in [0, 0.05) is 35.8 Å². The highest BCUT2D eigenvalue weighted by atomic mass is 19.1. The highest BCUT2D eigenvalue weighted by molar-refractivity contribution is 5.95. The number of anilines is 1. The number of nitrogens with zero attached hydrogens (tertiary/aromatic N) is 3. The van der Waals surface area contributed by atoms with E-state index in [0.29, 0.717) is 11.5 Å². The molecule has 1 aromatic carbocycles. The van der Waals surface area contributed by atoms with Gasteiger partial charge in [-0.2, -0.15) is 5.10 Å². The number of likely N-dealkylation sites (tertiary alicyclic amines) is 1. The number of hydrogen-bond acceptors (Lipinski definition) is 4. The molecule has 1 fully saturated rings. The van der Waals surface area contributed by atoms with Gasteiger partial charge in [-0.05, 0) is 44.3 Å². The van der Waals surface area contributed by atoms with Crippen molar-refractivity contribution < 1.29 is 9.18 Å². The third kappa shape index (κ3) is 3.36. The Hall–Kier alpha value is -3.00. The fraction of sp³-hybridized carbons (Fsp3) is 0.278. The predicted molar refractivity (Wildman–Crippen MR) is 97.3 cm³/mol. The number of urea groups is 1. The topological polar surface area (TPSA) is 85.9 Å². The lowest BCUT2D eigenvalue weighted by Crippen LogP contribution is -2.39. The smallest absolute Gasteiger partial charge is 0.320 e. The van der Waals surface area contributed by atoms with Gasteiger partial charge in [-0.15, -0.1) is 0 Å². The van der Waals surface area contributed by atoms with Crippen LogP contribution in [0.5, 0.6) is 0 Å². The highest BCUT2D eigenvalue weighted by Crippen LogP contribution is 2.27. The van der Waals surface area contributed by atoms with E-state index in [4.69, 9.17) is 0 Å². The van der Waals surface area contributed by atoms with Crippen molar-refractivity contribution in [2.75, 3.05) is 25.5 Å². The molecule has 3 N–H and O–H groups in total. The minimum Gasteiger partial charge on any atom is -0.334 e. The lowest BCUT2D eigenvalue weighted by Gasteiger charge is -2.13. The van der Waals surface area contributed by atoms with Gasteiger partial charge in [0.05, 0.1) is 5.52 Å². The predicted octanol–water partition coefficient (Wildman–Crippen LogP) is 2.59. The zero-order chi connectivity index (χ0) is 18.1. The Bertz CT molecular complexity index is 939. The van der Waals surface area contributed by atoms with Crippen LogP contribution in [-0.2, 0) is 0 Å². The van der Waals surface area contributed by atoms with Crippen molar-refractivity contribution in [2.24, 2.45) is 0 Å². The quantitative estimate of drug-likeness (QED) is 0.675. The van der Waals surface area contributed by atoms with Crippen molar-refractivity contribution in [3.63, 3.8) is 0 Å². The van der Waals surface area contributed by atoms with Crippen molar-refractivity contribution in [1.29, 1.82) is 0 Å². The van der Waals surface area contributed by atoms with Crippen LogP contribution in [0.1, 0.15) is 6.42 Å². The van der Waals surface area contributed by atoms with Crippen LogP contribution in [0.15, 0.2) is 36.5 Å². The number of aromatic amines is 1. The number of pyridine rings is 1. The summed E-state index contributed by atoms with van der Waals surface area (Å²) >= 11 is 0. The Morgan fingerprint density at radius 2 is 2.15 bits per heavy atom. The van der Waals surface area contributed by atoms with E-state index in [1.54, 1.807) is 24.4 Å². The first-order chi connectivity index (χ1) is 12.6. The minimum absolute atomic E-state index is 0.154. The maximum atomic E-state index is 13.1. The van der Waals surface area contributed by atoms with Gasteiger partial charge in [0.2, 0.25) is 0 Å². The van der Waals surface area contributed by atoms with Gasteiger partial charge in [0.15, 0.2) is 0 Å². The number of carbonyl (C=O) groups is 1. The van der Waals surface area contributed by atoms with E-state index in [1.807, 2.05) is 7.05 Å². The van der Waals surface area contributed by atoms with Crippen LogP contribution in [0.25, 0.3) is 22.2 Å². The molecule has 1 atom stereocenters. The molecule has 1 unspecified atom stereocenters. The summed E-state index contributed by atoms with van der Waals surface area (Å²) in [5, 5.41) is 13.7. The van der Waals surface area contributed by atoms with Gasteiger partial charge in [-0.1, -0.05) is 0 Å². The number of hydrogen-bond donors (Lipinski definition) is 3. The first-order valence-corrected chi connectivity index (χ1v) is 8.44. The summed E-state index contributed by atoms with van der Waals surface area (Å²) in [7, 11) is 2.03. The molecule has 1 aliphatic heterocycles. The first-order valence-electron chi connectivity index (χ1n) is 8.44. The Kier molecular flexibility index (Phi) is 4.26. The van der Waals surface area contributed by atoms with Crippen molar-refractivity contribution in [3.8, 4) is 11.3 Å². The lowest BCUT2D eigenvalue weighted by atomic mass is 10.1. The molecule has 3 heterocycles. The molecular formula is C18H19FN6O. The van der Waals surface area contributed by atoms with Crippen LogP contribution in [0, 0.1) is 5.82 Å². The van der Waals surface area contributed by atoms with Crippen LogP contribution < -0.4 is 10.6 Å². The van der Waals surface area contributed by atoms with E-state index >= 15 is 0 Å². The average molecular weight is 354 g/mol. The Balaban J connectivity index is 1.49. The number of likely N-dealkylation sites (N-methyl/N-ethyl adjacent to an activating group) is 1. The largest absolute Gasteiger partial charge is 0.334 e. The molecule has 1 saturated heterocycles. The fourth-order valence-electron chi connectivity index (χ4n) is 3.20. The Morgan fingerprint density at radius 1 is 1.35 bits per heavy atom. The van der Waals surface area contributed by atoms with Crippen LogP contribution >= 0.6 is 0 Å². The van der Waals surface area contributed by atoms with Gasteiger partial charge >= 0.3 is 6.03 Å². The molecule has 0 spiro atoms. The summed E-state index contributed by atoms with van der Waals surface area (Å²) < 4.78 is 13.1. The van der Waals surface area contributed by atoms with E-state index in [1.165, 1.54) is 12.1 Å². The van der Waals surface area contributed by atoms with Gasteiger partial charge in [-0.25, -0.2) is 14.2 Å². The summed E-state index contributed by atoms with van der Waals surface area (Å²) in [5.74, 6) is 0.147. The van der Waals surface area contributed by atoms with Gasteiger partial charge in [-0.3, -0.25) is 10.4 Å². The van der Waals surface area contributed by atoms with Crippen LogP contribution in [0.3, 0.4) is 0 Å². The molecule has 2 amide bonds. The van der Waals surface area contributed by atoms with Gasteiger partial charge in [0.25, 0.3) is 0 Å². The zero-order valence-corrected chi connectivity index (χ0v) is 14.3. The average Bonchev–Trinajstić information content (AvgIpc) is 3.21. The molecule has 134 valence electrons. The van der Waals surface area contributed by atoms with E-state index in [2.05, 4.69) is 30.7 Å². The number of rotatable bonds is 3. The van der Waals surface area contributed by atoms with E-state index < -0.39 is 0 Å². The number of aromatic nitrogens is 3. The molecule has 0 aliphatic carbocycles. The molecule has 7 nitrogen and oxygen atoms in total. The van der Waals surface area contributed by atoms with E-state index in [9.17, 15) is 9.18 Å². The summed E-state index contributed by atoms with van der Waals surface area (Å²) in [5.41, 5.74) is 2.23. The molecule has 3 aromatic rings. The summed E-state index contributed by atoms with van der Waals surface area (Å²) in [6.45, 7) is 1.83. The molecule has 2 aromatic heterocycles. The second-order valence-electron chi connectivity index (χ2n) is 6.54. The number of carbonyl (C=O) groups excluding carboxylic acids is 1. The van der Waals surface area contributed by atoms with Crippen molar-refractivity contribution >= 4 is 22.8 Å². The number of amides is 2. The SMILES string of the molecule is CN1CCC(NC(=O)Nc2cc3[nH]nc(-c4ccc(F)cc4)c3cn2)C1. The summed E-state index contributed by atoms with van der Waals surface area (Å²) in [6, 6.07) is 7.74. The van der Waals surface area contributed by atoms with Crippen LogP contribution in [0.4, 0.5) is 15.0 Å². The maximum absolute atomic E-state index is 13.1. The lowest BCUT2D eigenvalue weighted by molar-refractivity contribution is 0.248. The number of fused-ring (bicyclic) bond motifs is 1. The molecule has 0 bridgehead atoms. The van der Waals surface area contributed by atoms with E-state index in [-0.39, 0.29) is 17.9 Å². The number of halogens is 1. The van der Waals surface area contributed by atoms with Gasteiger partial charge in [0.1, 0.15) is 17.3 Å². The molecule has 4 rings (SSSR count). The number of benzene rings is 1. The van der Waals surface area contributed by atoms with Crippen LogP contribution in [-0.4, -0.2) is 52.3 Å². The Labute approximate surface area is 149 Å². The van der Waals surface area contributed by atoms with E-state index in [0.717, 1.165) is 36.0 Å². The molecule has 26 heavy (non-hydrogen) atoms. The monoisotopic (exact) mass is 354 g/mol. The van der Waals surface area contributed by atoms with Crippen molar-refractivity contribution in [1.82, 2.24) is 25.4 Å².